The monoisotopic (exact) mass is 327 g/mol. The Morgan fingerprint density at radius 3 is 2.89 bits per heavy atom. The van der Waals surface area contributed by atoms with Crippen molar-refractivity contribution in [3.63, 3.8) is 0 Å². The van der Waals surface area contributed by atoms with Crippen LogP contribution in [-0.4, -0.2) is 48.6 Å². The van der Waals surface area contributed by atoms with Gasteiger partial charge in [-0.1, -0.05) is 0 Å². The van der Waals surface area contributed by atoms with E-state index in [-0.39, 0.29) is 36.8 Å². The van der Waals surface area contributed by atoms with Crippen LogP contribution < -0.4 is 5.32 Å². The van der Waals surface area contributed by atoms with E-state index < -0.39 is 0 Å². The summed E-state index contributed by atoms with van der Waals surface area (Å²) < 4.78 is 5.44. The molecule has 8 heteroatoms. The molecule has 0 spiro atoms. The Bertz CT molecular complexity index is 397. The van der Waals surface area contributed by atoms with Gasteiger partial charge in [-0.05, 0) is 6.92 Å². The highest BCUT2D eigenvalue weighted by Crippen LogP contribution is 2.15. The fraction of sp³-hybridized carbons (Fsp3) is 0.636. The summed E-state index contributed by atoms with van der Waals surface area (Å²) in [5, 5.41) is 3.16. The number of amides is 1. The van der Waals surface area contributed by atoms with E-state index in [2.05, 4.69) is 10.3 Å². The number of aryl methyl sites for hydroxylation is 1. The summed E-state index contributed by atoms with van der Waals surface area (Å²) >= 11 is 1.58. The third-order valence-electron chi connectivity index (χ3n) is 2.80. The molecule has 2 heterocycles. The number of hydrogen-bond acceptors (Lipinski definition) is 5. The summed E-state index contributed by atoms with van der Waals surface area (Å²) in [4.78, 5) is 19.1. The first-order valence-corrected chi connectivity index (χ1v) is 6.52. The van der Waals surface area contributed by atoms with Gasteiger partial charge < -0.3 is 15.0 Å². The molecule has 0 aliphatic carbocycles. The lowest BCUT2D eigenvalue weighted by molar-refractivity contribution is -0.144. The number of likely N-dealkylation sites (N-methyl/N-ethyl adjacent to an activating group) is 1. The normalized spacial score (nSPS) is 18.1. The van der Waals surface area contributed by atoms with E-state index in [4.69, 9.17) is 4.74 Å². The Hall–Kier alpha value is -0.400. The molecule has 19 heavy (non-hydrogen) atoms. The standard InChI is InChI=1S/C11H17N3O2S.2ClH/c1-8-10(17-7-13-8)6-14(2)11(15)9-5-12-3-4-16-9;;/h7,9,12H,3-6H2,1-2H3;2*1H. The summed E-state index contributed by atoms with van der Waals surface area (Å²) in [6.07, 6.45) is -0.345. The lowest BCUT2D eigenvalue weighted by Gasteiger charge is -2.27. The van der Waals surface area contributed by atoms with Gasteiger partial charge in [-0.2, -0.15) is 0 Å². The molecule has 2 rings (SSSR count). The number of halogens is 2. The molecular weight excluding hydrogens is 309 g/mol. The number of rotatable bonds is 3. The third-order valence-corrected chi connectivity index (χ3v) is 3.72. The molecule has 1 atom stereocenters. The molecule has 1 aromatic rings. The number of ether oxygens (including phenoxy) is 1. The predicted octanol–water partition coefficient (Wildman–Crippen LogP) is 1.24. The number of carbonyl (C=O) groups excluding carboxylic acids is 1. The van der Waals surface area contributed by atoms with E-state index in [9.17, 15) is 4.79 Å². The molecule has 1 N–H and O–H groups in total. The van der Waals surface area contributed by atoms with Gasteiger partial charge >= 0.3 is 0 Å². The van der Waals surface area contributed by atoms with E-state index >= 15 is 0 Å². The van der Waals surface area contributed by atoms with Gasteiger partial charge in [-0.15, -0.1) is 36.2 Å². The Labute approximate surface area is 129 Å². The number of morpholine rings is 1. The largest absolute Gasteiger partial charge is 0.366 e. The number of carbonyl (C=O) groups is 1. The van der Waals surface area contributed by atoms with Crippen molar-refractivity contribution in [3.8, 4) is 0 Å². The quantitative estimate of drug-likeness (QED) is 0.907. The van der Waals surface area contributed by atoms with Crippen LogP contribution in [0.15, 0.2) is 5.51 Å². The lowest BCUT2D eigenvalue weighted by atomic mass is 10.2. The minimum atomic E-state index is -0.345. The zero-order chi connectivity index (χ0) is 12.3. The maximum absolute atomic E-state index is 12.1. The number of aromatic nitrogens is 1. The highest BCUT2D eigenvalue weighted by Gasteiger charge is 2.25. The Morgan fingerprint density at radius 2 is 2.37 bits per heavy atom. The van der Waals surface area contributed by atoms with E-state index in [1.54, 1.807) is 23.3 Å². The molecule has 1 saturated heterocycles. The second-order valence-electron chi connectivity index (χ2n) is 4.12. The van der Waals surface area contributed by atoms with Crippen molar-refractivity contribution in [2.24, 2.45) is 0 Å². The first kappa shape index (κ1) is 18.6. The van der Waals surface area contributed by atoms with E-state index in [1.165, 1.54) is 0 Å². The fourth-order valence-corrected chi connectivity index (χ4v) is 2.57. The van der Waals surface area contributed by atoms with Crippen LogP contribution in [0, 0.1) is 6.92 Å². The second-order valence-corrected chi connectivity index (χ2v) is 5.06. The first-order valence-electron chi connectivity index (χ1n) is 5.64. The number of thiazole rings is 1. The van der Waals surface area contributed by atoms with Crippen molar-refractivity contribution in [2.45, 2.75) is 19.6 Å². The maximum Gasteiger partial charge on any atom is 0.253 e. The van der Waals surface area contributed by atoms with Crippen molar-refractivity contribution in [2.75, 3.05) is 26.7 Å². The van der Waals surface area contributed by atoms with Crippen LogP contribution >= 0.6 is 36.2 Å². The third kappa shape index (κ3) is 4.89. The molecule has 1 aliphatic rings. The van der Waals surface area contributed by atoms with Gasteiger partial charge in [-0.25, -0.2) is 4.98 Å². The summed E-state index contributed by atoms with van der Waals surface area (Å²) in [5.74, 6) is 0.0324. The van der Waals surface area contributed by atoms with E-state index in [0.717, 1.165) is 17.1 Å². The van der Waals surface area contributed by atoms with Crippen molar-refractivity contribution in [3.05, 3.63) is 16.1 Å². The molecule has 0 bridgehead atoms. The molecule has 0 radical (unpaired) electrons. The Morgan fingerprint density at radius 1 is 1.63 bits per heavy atom. The van der Waals surface area contributed by atoms with Crippen LogP contribution in [0.1, 0.15) is 10.6 Å². The van der Waals surface area contributed by atoms with Crippen LogP contribution in [0.4, 0.5) is 0 Å². The molecule has 1 aromatic heterocycles. The zero-order valence-electron chi connectivity index (χ0n) is 10.9. The first-order chi connectivity index (χ1) is 8.18. The van der Waals surface area contributed by atoms with E-state index in [0.29, 0.717) is 19.7 Å². The van der Waals surface area contributed by atoms with Gasteiger partial charge in [0.05, 0.1) is 24.4 Å². The molecule has 5 nitrogen and oxygen atoms in total. The number of hydrogen-bond donors (Lipinski definition) is 1. The molecule has 1 unspecified atom stereocenters. The van der Waals surface area contributed by atoms with Crippen LogP contribution in [0.2, 0.25) is 0 Å². The minimum Gasteiger partial charge on any atom is -0.366 e. The Balaban J connectivity index is 0.00000162. The second kappa shape index (κ2) is 8.71. The van der Waals surface area contributed by atoms with Gasteiger partial charge in [0.1, 0.15) is 6.10 Å². The summed E-state index contributed by atoms with van der Waals surface area (Å²) in [7, 11) is 1.81. The summed E-state index contributed by atoms with van der Waals surface area (Å²) in [6, 6.07) is 0. The van der Waals surface area contributed by atoms with Gasteiger partial charge in [0.15, 0.2) is 0 Å². The number of nitrogens with one attached hydrogen (secondary N) is 1. The van der Waals surface area contributed by atoms with Gasteiger partial charge in [-0.3, -0.25) is 4.79 Å². The highest BCUT2D eigenvalue weighted by atomic mass is 35.5. The van der Waals surface area contributed by atoms with Crippen LogP contribution in [-0.2, 0) is 16.1 Å². The molecule has 0 saturated carbocycles. The summed E-state index contributed by atoms with van der Waals surface area (Å²) in [6.45, 7) is 4.59. The van der Waals surface area contributed by atoms with Crippen LogP contribution in [0.25, 0.3) is 0 Å². The predicted molar refractivity (Wildman–Crippen MR) is 80.4 cm³/mol. The zero-order valence-corrected chi connectivity index (χ0v) is 13.4. The van der Waals surface area contributed by atoms with Crippen LogP contribution in [0.5, 0.6) is 0 Å². The topological polar surface area (TPSA) is 54.5 Å². The SMILES string of the molecule is Cc1ncsc1CN(C)C(=O)C1CNCCO1.Cl.Cl. The minimum absolute atomic E-state index is 0. The van der Waals surface area contributed by atoms with Crippen molar-refractivity contribution < 1.29 is 9.53 Å². The highest BCUT2D eigenvalue weighted by molar-refractivity contribution is 7.09. The smallest absolute Gasteiger partial charge is 0.253 e. The Kier molecular flexibility index (Phi) is 8.52. The van der Waals surface area contributed by atoms with Crippen molar-refractivity contribution in [1.29, 1.82) is 0 Å². The lowest BCUT2D eigenvalue weighted by Crippen LogP contribution is -2.48. The average molecular weight is 328 g/mol. The van der Waals surface area contributed by atoms with Gasteiger partial charge in [0.2, 0.25) is 0 Å². The van der Waals surface area contributed by atoms with Gasteiger partial charge in [0.25, 0.3) is 5.91 Å². The molecule has 1 fully saturated rings. The average Bonchev–Trinajstić information content (AvgIpc) is 2.75. The molecule has 1 amide bonds. The fourth-order valence-electron chi connectivity index (χ4n) is 1.74. The molecule has 0 aromatic carbocycles. The van der Waals surface area contributed by atoms with Crippen molar-refractivity contribution in [1.82, 2.24) is 15.2 Å². The number of nitrogens with zero attached hydrogens (tertiary/aromatic N) is 2. The van der Waals surface area contributed by atoms with Crippen LogP contribution in [0.3, 0.4) is 0 Å². The van der Waals surface area contributed by atoms with Crippen molar-refractivity contribution >= 4 is 42.1 Å². The molecule has 110 valence electrons. The summed E-state index contributed by atoms with van der Waals surface area (Å²) in [5.41, 5.74) is 2.80. The molecule has 1 aliphatic heterocycles. The molecular formula is C11H19Cl2N3O2S. The van der Waals surface area contributed by atoms with E-state index in [1.807, 2.05) is 12.4 Å². The van der Waals surface area contributed by atoms with Gasteiger partial charge in [0, 0.05) is 25.0 Å². The maximum atomic E-state index is 12.1.